The Morgan fingerprint density at radius 1 is 1.05 bits per heavy atom. The SMILES string of the molecule is NC1CCCC(CN2CCN(c3ccc(Cl)cc3)CC2)C1. The Bertz CT molecular complexity index is 440. The van der Waals surface area contributed by atoms with Gasteiger partial charge in [0.1, 0.15) is 0 Å². The van der Waals surface area contributed by atoms with Gasteiger partial charge in [-0.15, -0.1) is 0 Å². The molecule has 1 aliphatic carbocycles. The number of hydrogen-bond acceptors (Lipinski definition) is 3. The molecule has 3 nitrogen and oxygen atoms in total. The Hall–Kier alpha value is -0.770. The highest BCUT2D eigenvalue weighted by atomic mass is 35.5. The van der Waals surface area contributed by atoms with Crippen molar-refractivity contribution in [2.24, 2.45) is 11.7 Å². The van der Waals surface area contributed by atoms with Gasteiger partial charge in [0, 0.05) is 49.5 Å². The molecule has 1 aromatic rings. The number of hydrogen-bond donors (Lipinski definition) is 1. The second-order valence-corrected chi connectivity index (χ2v) is 6.99. The van der Waals surface area contributed by atoms with Crippen LogP contribution >= 0.6 is 11.6 Å². The average molecular weight is 308 g/mol. The molecule has 0 aromatic heterocycles. The lowest BCUT2D eigenvalue weighted by atomic mass is 9.86. The van der Waals surface area contributed by atoms with Gasteiger partial charge < -0.3 is 10.6 Å². The van der Waals surface area contributed by atoms with Crippen LogP contribution in [-0.2, 0) is 0 Å². The van der Waals surface area contributed by atoms with Crippen molar-refractivity contribution in [1.82, 2.24) is 4.90 Å². The summed E-state index contributed by atoms with van der Waals surface area (Å²) in [5.41, 5.74) is 7.39. The van der Waals surface area contributed by atoms with Crippen molar-refractivity contribution >= 4 is 17.3 Å². The molecule has 1 aliphatic heterocycles. The Kier molecular flexibility index (Phi) is 5.04. The van der Waals surface area contributed by atoms with Crippen molar-refractivity contribution in [3.63, 3.8) is 0 Å². The highest BCUT2D eigenvalue weighted by Crippen LogP contribution is 2.25. The minimum absolute atomic E-state index is 0.444. The van der Waals surface area contributed by atoms with Gasteiger partial charge in [-0.2, -0.15) is 0 Å². The average Bonchev–Trinajstić information content (AvgIpc) is 2.49. The van der Waals surface area contributed by atoms with Gasteiger partial charge >= 0.3 is 0 Å². The molecule has 2 atom stereocenters. The van der Waals surface area contributed by atoms with Gasteiger partial charge in [-0.3, -0.25) is 4.90 Å². The third-order valence-electron chi connectivity index (χ3n) is 4.90. The van der Waals surface area contributed by atoms with Crippen molar-refractivity contribution in [3.8, 4) is 0 Å². The summed E-state index contributed by atoms with van der Waals surface area (Å²) >= 11 is 5.96. The number of benzene rings is 1. The number of piperazine rings is 1. The maximum atomic E-state index is 6.10. The largest absolute Gasteiger partial charge is 0.369 e. The lowest BCUT2D eigenvalue weighted by molar-refractivity contribution is 0.184. The predicted molar refractivity (Wildman–Crippen MR) is 90.0 cm³/mol. The van der Waals surface area contributed by atoms with E-state index >= 15 is 0 Å². The standard InChI is InChI=1S/C17H26ClN3/c18-15-4-6-17(7-5-15)21-10-8-20(9-11-21)13-14-2-1-3-16(19)12-14/h4-7,14,16H,1-3,8-13,19H2. The summed E-state index contributed by atoms with van der Waals surface area (Å²) in [6.45, 7) is 5.78. The molecule has 21 heavy (non-hydrogen) atoms. The van der Waals surface area contributed by atoms with Gasteiger partial charge in [-0.25, -0.2) is 0 Å². The van der Waals surface area contributed by atoms with Crippen LogP contribution in [0.3, 0.4) is 0 Å². The summed E-state index contributed by atoms with van der Waals surface area (Å²) in [6.07, 6.45) is 5.12. The molecule has 0 spiro atoms. The van der Waals surface area contributed by atoms with Crippen LogP contribution in [0.4, 0.5) is 5.69 Å². The first-order valence-electron chi connectivity index (χ1n) is 8.19. The van der Waals surface area contributed by atoms with Crippen LogP contribution in [0.15, 0.2) is 24.3 Å². The zero-order chi connectivity index (χ0) is 14.7. The van der Waals surface area contributed by atoms with E-state index in [2.05, 4.69) is 21.9 Å². The summed E-state index contributed by atoms with van der Waals surface area (Å²) in [6, 6.07) is 8.65. The second kappa shape index (κ2) is 6.99. The third kappa shape index (κ3) is 4.12. The minimum atomic E-state index is 0.444. The summed E-state index contributed by atoms with van der Waals surface area (Å²) in [5.74, 6) is 0.816. The Labute approximate surface area is 133 Å². The van der Waals surface area contributed by atoms with Crippen molar-refractivity contribution in [3.05, 3.63) is 29.3 Å². The van der Waals surface area contributed by atoms with E-state index in [0.29, 0.717) is 6.04 Å². The molecular weight excluding hydrogens is 282 g/mol. The molecule has 1 saturated heterocycles. The Morgan fingerprint density at radius 2 is 1.76 bits per heavy atom. The van der Waals surface area contributed by atoms with E-state index in [9.17, 15) is 0 Å². The van der Waals surface area contributed by atoms with Crippen molar-refractivity contribution in [2.45, 2.75) is 31.7 Å². The molecule has 0 amide bonds. The van der Waals surface area contributed by atoms with Crippen LogP contribution in [0.1, 0.15) is 25.7 Å². The van der Waals surface area contributed by atoms with E-state index < -0.39 is 0 Å². The molecule has 2 N–H and O–H groups in total. The fourth-order valence-corrected chi connectivity index (χ4v) is 3.83. The first kappa shape index (κ1) is 15.1. The fourth-order valence-electron chi connectivity index (χ4n) is 3.70. The van der Waals surface area contributed by atoms with E-state index in [1.165, 1.54) is 37.9 Å². The van der Waals surface area contributed by atoms with Crippen LogP contribution in [0.25, 0.3) is 0 Å². The van der Waals surface area contributed by atoms with Crippen LogP contribution < -0.4 is 10.6 Å². The maximum Gasteiger partial charge on any atom is 0.0407 e. The third-order valence-corrected chi connectivity index (χ3v) is 5.16. The highest BCUT2D eigenvalue weighted by Gasteiger charge is 2.24. The zero-order valence-electron chi connectivity index (χ0n) is 12.7. The van der Waals surface area contributed by atoms with Crippen LogP contribution in [0.5, 0.6) is 0 Å². The quantitative estimate of drug-likeness (QED) is 0.932. The van der Waals surface area contributed by atoms with Gasteiger partial charge in [0.2, 0.25) is 0 Å². The molecule has 2 aliphatic rings. The number of halogens is 1. The summed E-state index contributed by atoms with van der Waals surface area (Å²) in [5, 5.41) is 0.811. The molecule has 0 bridgehead atoms. The Morgan fingerprint density at radius 3 is 2.43 bits per heavy atom. The van der Waals surface area contributed by atoms with Crippen molar-refractivity contribution in [1.29, 1.82) is 0 Å². The van der Waals surface area contributed by atoms with Crippen molar-refractivity contribution < 1.29 is 0 Å². The lowest BCUT2D eigenvalue weighted by Crippen LogP contribution is -2.48. The maximum absolute atomic E-state index is 6.10. The molecule has 3 rings (SSSR count). The van der Waals surface area contributed by atoms with Gasteiger partial charge in [0.15, 0.2) is 0 Å². The lowest BCUT2D eigenvalue weighted by Gasteiger charge is -2.39. The van der Waals surface area contributed by atoms with Crippen LogP contribution in [0, 0.1) is 5.92 Å². The van der Waals surface area contributed by atoms with Crippen LogP contribution in [-0.4, -0.2) is 43.7 Å². The van der Waals surface area contributed by atoms with Gasteiger partial charge in [0.25, 0.3) is 0 Å². The molecule has 2 fully saturated rings. The first-order valence-corrected chi connectivity index (χ1v) is 8.57. The topological polar surface area (TPSA) is 32.5 Å². The van der Waals surface area contributed by atoms with E-state index in [4.69, 9.17) is 17.3 Å². The monoisotopic (exact) mass is 307 g/mol. The normalized spacial score (nSPS) is 27.8. The molecule has 1 heterocycles. The predicted octanol–water partition coefficient (Wildman–Crippen LogP) is 2.98. The molecule has 116 valence electrons. The highest BCUT2D eigenvalue weighted by molar-refractivity contribution is 6.30. The van der Waals surface area contributed by atoms with Crippen molar-refractivity contribution in [2.75, 3.05) is 37.6 Å². The molecule has 0 radical (unpaired) electrons. The molecule has 1 saturated carbocycles. The minimum Gasteiger partial charge on any atom is -0.369 e. The summed E-state index contributed by atoms with van der Waals surface area (Å²) in [7, 11) is 0. The second-order valence-electron chi connectivity index (χ2n) is 6.56. The van der Waals surface area contributed by atoms with Gasteiger partial charge in [-0.05, 0) is 49.4 Å². The zero-order valence-corrected chi connectivity index (χ0v) is 13.4. The number of anilines is 1. The number of rotatable bonds is 3. The smallest absolute Gasteiger partial charge is 0.0407 e. The Balaban J connectivity index is 1.47. The van der Waals surface area contributed by atoms with Crippen LogP contribution in [0.2, 0.25) is 5.02 Å². The fraction of sp³-hybridized carbons (Fsp3) is 0.647. The number of nitrogens with zero attached hydrogens (tertiary/aromatic N) is 2. The van der Waals surface area contributed by atoms with E-state index in [0.717, 1.165) is 37.1 Å². The molecule has 1 aromatic carbocycles. The summed E-state index contributed by atoms with van der Waals surface area (Å²) in [4.78, 5) is 5.08. The van der Waals surface area contributed by atoms with Gasteiger partial charge in [0.05, 0.1) is 0 Å². The molecule has 2 unspecified atom stereocenters. The van der Waals surface area contributed by atoms with Gasteiger partial charge in [-0.1, -0.05) is 18.0 Å². The number of nitrogens with two attached hydrogens (primary N) is 1. The molecular formula is C17H26ClN3. The van der Waals surface area contributed by atoms with E-state index in [-0.39, 0.29) is 0 Å². The molecule has 4 heteroatoms. The summed E-state index contributed by atoms with van der Waals surface area (Å²) < 4.78 is 0. The first-order chi connectivity index (χ1) is 10.2. The van der Waals surface area contributed by atoms with E-state index in [1.807, 2.05) is 12.1 Å². The van der Waals surface area contributed by atoms with E-state index in [1.54, 1.807) is 0 Å².